The molecular formula is C29H38O2Si. The molecule has 2 nitrogen and oxygen atoms in total. The predicted octanol–water partition coefficient (Wildman–Crippen LogP) is 5.89. The Balaban J connectivity index is 1.80. The molecule has 3 aliphatic rings. The van der Waals surface area contributed by atoms with E-state index in [0.717, 1.165) is 32.1 Å². The van der Waals surface area contributed by atoms with E-state index in [1.54, 1.807) is 0 Å². The maximum Gasteiger partial charge on any atom is 0.144 e. The van der Waals surface area contributed by atoms with Gasteiger partial charge in [0.2, 0.25) is 0 Å². The van der Waals surface area contributed by atoms with Crippen LogP contribution in [0, 0.1) is 5.41 Å². The Labute approximate surface area is 194 Å². The van der Waals surface area contributed by atoms with Crippen LogP contribution in [0.15, 0.2) is 60.7 Å². The molecule has 3 fully saturated rings. The number of rotatable bonds is 3. The molecule has 2 bridgehead atoms. The molecule has 1 saturated carbocycles. The number of ether oxygens (including phenoxy) is 1. The SMILES string of the molecule is CC(C)(C)[Si](c1ccccc1)(c1ccccc1)[C@H]1C[C@@H]2CC(=O)C3(CCCCC3)[C@@]1(C)O2. The van der Waals surface area contributed by atoms with Gasteiger partial charge in [-0.1, -0.05) is 111 Å². The van der Waals surface area contributed by atoms with E-state index in [-0.39, 0.29) is 16.6 Å². The third kappa shape index (κ3) is 2.90. The molecule has 5 rings (SSSR count). The molecule has 2 aromatic carbocycles. The van der Waals surface area contributed by atoms with Crippen molar-refractivity contribution in [1.29, 1.82) is 0 Å². The van der Waals surface area contributed by atoms with Crippen molar-refractivity contribution in [3.63, 3.8) is 0 Å². The average Bonchev–Trinajstić information content (AvgIpc) is 3.09. The van der Waals surface area contributed by atoms with Crippen LogP contribution in [-0.2, 0) is 9.53 Å². The highest BCUT2D eigenvalue weighted by atomic mass is 28.3. The van der Waals surface area contributed by atoms with Gasteiger partial charge in [0, 0.05) is 6.42 Å². The number of ketones is 1. The molecule has 0 aromatic heterocycles. The van der Waals surface area contributed by atoms with Gasteiger partial charge in [-0.25, -0.2) is 0 Å². The van der Waals surface area contributed by atoms with Gasteiger partial charge in [-0.2, -0.15) is 0 Å². The number of hydrogen-bond acceptors (Lipinski definition) is 2. The monoisotopic (exact) mass is 446 g/mol. The number of carbonyl (C=O) groups is 1. The van der Waals surface area contributed by atoms with E-state index < -0.39 is 13.7 Å². The second-order valence-corrected chi connectivity index (χ2v) is 16.7. The lowest BCUT2D eigenvalue weighted by Gasteiger charge is -2.58. The molecule has 32 heavy (non-hydrogen) atoms. The highest BCUT2D eigenvalue weighted by molar-refractivity contribution is 7.05. The van der Waals surface area contributed by atoms with E-state index in [9.17, 15) is 4.79 Å². The van der Waals surface area contributed by atoms with Crippen molar-refractivity contribution in [2.45, 2.75) is 94.9 Å². The van der Waals surface area contributed by atoms with Crippen molar-refractivity contribution in [2.75, 3.05) is 0 Å². The van der Waals surface area contributed by atoms with Gasteiger partial charge in [0.1, 0.15) is 13.9 Å². The summed E-state index contributed by atoms with van der Waals surface area (Å²) in [6.45, 7) is 9.68. The van der Waals surface area contributed by atoms with Gasteiger partial charge in [-0.3, -0.25) is 4.79 Å². The molecule has 3 heteroatoms. The summed E-state index contributed by atoms with van der Waals surface area (Å²) in [6.07, 6.45) is 7.27. The van der Waals surface area contributed by atoms with Crippen molar-refractivity contribution >= 4 is 24.2 Å². The maximum atomic E-state index is 13.8. The zero-order valence-electron chi connectivity index (χ0n) is 20.2. The molecule has 3 atom stereocenters. The molecule has 1 spiro atoms. The van der Waals surface area contributed by atoms with Crippen LogP contribution in [0.1, 0.15) is 72.6 Å². The summed E-state index contributed by atoms with van der Waals surface area (Å²) >= 11 is 0. The van der Waals surface area contributed by atoms with Gasteiger partial charge >= 0.3 is 0 Å². The van der Waals surface area contributed by atoms with Gasteiger partial charge in [-0.05, 0) is 36.8 Å². The summed E-state index contributed by atoms with van der Waals surface area (Å²) in [6, 6.07) is 22.6. The Morgan fingerprint density at radius 2 is 1.41 bits per heavy atom. The van der Waals surface area contributed by atoms with Crippen LogP contribution in [0.5, 0.6) is 0 Å². The van der Waals surface area contributed by atoms with Crippen LogP contribution in [0.25, 0.3) is 0 Å². The Kier molecular flexibility index (Phi) is 5.29. The molecule has 170 valence electrons. The van der Waals surface area contributed by atoms with Gasteiger partial charge in [-0.15, -0.1) is 0 Å². The minimum absolute atomic E-state index is 0.0725. The molecule has 0 amide bonds. The highest BCUT2D eigenvalue weighted by Gasteiger charge is 2.71. The van der Waals surface area contributed by atoms with E-state index in [0.29, 0.717) is 17.7 Å². The molecular weight excluding hydrogens is 408 g/mol. The quantitative estimate of drug-likeness (QED) is 0.550. The van der Waals surface area contributed by atoms with Crippen LogP contribution in [-0.4, -0.2) is 25.6 Å². The summed E-state index contributed by atoms with van der Waals surface area (Å²) < 4.78 is 7.02. The third-order valence-corrected chi connectivity index (χ3v) is 16.0. The normalized spacial score (nSPS) is 29.9. The van der Waals surface area contributed by atoms with Crippen molar-refractivity contribution in [3.05, 3.63) is 60.7 Å². The van der Waals surface area contributed by atoms with Crippen molar-refractivity contribution in [3.8, 4) is 0 Å². The average molecular weight is 447 g/mol. The van der Waals surface area contributed by atoms with Crippen molar-refractivity contribution < 1.29 is 9.53 Å². The second kappa shape index (κ2) is 7.67. The number of Topliss-reactive ketones (excluding diaryl/α,β-unsaturated/α-hetero) is 1. The predicted molar refractivity (Wildman–Crippen MR) is 134 cm³/mol. The molecule has 2 heterocycles. The minimum Gasteiger partial charge on any atom is -0.371 e. The van der Waals surface area contributed by atoms with Crippen LogP contribution < -0.4 is 10.4 Å². The molecule has 0 radical (unpaired) electrons. The van der Waals surface area contributed by atoms with E-state index >= 15 is 0 Å². The second-order valence-electron chi connectivity index (χ2n) is 11.7. The number of hydrogen-bond donors (Lipinski definition) is 0. The fourth-order valence-corrected chi connectivity index (χ4v) is 15.2. The third-order valence-electron chi connectivity index (χ3n) is 9.34. The summed E-state index contributed by atoms with van der Waals surface area (Å²) in [5.74, 6) is 0.497. The zero-order chi connectivity index (χ0) is 22.6. The highest BCUT2D eigenvalue weighted by Crippen LogP contribution is 2.66. The van der Waals surface area contributed by atoms with Gasteiger partial charge < -0.3 is 4.74 Å². The van der Waals surface area contributed by atoms with E-state index in [1.165, 1.54) is 16.8 Å². The van der Waals surface area contributed by atoms with Crippen LogP contribution in [0.3, 0.4) is 0 Å². The first-order valence-corrected chi connectivity index (χ1v) is 14.7. The summed E-state index contributed by atoms with van der Waals surface area (Å²) in [7, 11) is -2.39. The fraction of sp³-hybridized carbons (Fsp3) is 0.552. The van der Waals surface area contributed by atoms with Crippen LogP contribution >= 0.6 is 0 Å². The number of benzene rings is 2. The largest absolute Gasteiger partial charge is 0.371 e. The van der Waals surface area contributed by atoms with Crippen molar-refractivity contribution in [1.82, 2.24) is 0 Å². The van der Waals surface area contributed by atoms with Crippen LogP contribution in [0.4, 0.5) is 0 Å². The molecule has 0 unspecified atom stereocenters. The molecule has 0 N–H and O–H groups in total. The van der Waals surface area contributed by atoms with Gasteiger partial charge in [0.05, 0.1) is 17.1 Å². The Bertz CT molecular complexity index is 932. The Morgan fingerprint density at radius 3 is 1.91 bits per heavy atom. The molecule has 1 aliphatic carbocycles. The number of fused-ring (bicyclic) bond motifs is 3. The molecule has 2 saturated heterocycles. The topological polar surface area (TPSA) is 26.3 Å². The summed E-state index contributed by atoms with van der Waals surface area (Å²) in [5.41, 5.74) is -0.330. The minimum atomic E-state index is -2.39. The van der Waals surface area contributed by atoms with Crippen molar-refractivity contribution in [2.24, 2.45) is 5.41 Å². The van der Waals surface area contributed by atoms with E-state index in [2.05, 4.69) is 88.4 Å². The smallest absolute Gasteiger partial charge is 0.144 e. The lowest BCUT2D eigenvalue weighted by atomic mass is 9.60. The standard InChI is InChI=1S/C29H38O2Si/c1-27(2,3)32(23-14-8-5-9-15-23,24-16-10-6-11-17-24)26-21-22-20-25(30)29(28(26,4)31-22)18-12-7-13-19-29/h5-6,8-11,14-17,22,26H,7,12-13,18-21H2,1-4H3/t22-,26-,28-/m0/s1. The summed E-state index contributed by atoms with van der Waals surface area (Å²) in [4.78, 5) is 13.8. The van der Waals surface area contributed by atoms with Gasteiger partial charge in [0.25, 0.3) is 0 Å². The zero-order valence-corrected chi connectivity index (χ0v) is 21.2. The Morgan fingerprint density at radius 1 is 0.875 bits per heavy atom. The summed E-state index contributed by atoms with van der Waals surface area (Å²) in [5, 5.41) is 3.04. The first-order chi connectivity index (χ1) is 15.3. The first-order valence-electron chi connectivity index (χ1n) is 12.6. The molecule has 2 aromatic rings. The van der Waals surface area contributed by atoms with E-state index in [4.69, 9.17) is 4.74 Å². The number of carbonyl (C=O) groups excluding carboxylic acids is 1. The molecule has 2 aliphatic heterocycles. The van der Waals surface area contributed by atoms with Crippen LogP contribution in [0.2, 0.25) is 10.6 Å². The fourth-order valence-electron chi connectivity index (χ4n) is 8.09. The first kappa shape index (κ1) is 22.1. The van der Waals surface area contributed by atoms with Gasteiger partial charge in [0.15, 0.2) is 0 Å². The van der Waals surface area contributed by atoms with E-state index in [1.807, 2.05) is 0 Å². The Hall–Kier alpha value is -1.71. The lowest BCUT2D eigenvalue weighted by molar-refractivity contribution is -0.181. The lowest BCUT2D eigenvalue weighted by Crippen LogP contribution is -2.72. The maximum absolute atomic E-state index is 13.8.